The second kappa shape index (κ2) is 5.19. The lowest BCUT2D eigenvalue weighted by Gasteiger charge is -2.25. The molecule has 0 unspecified atom stereocenters. The maximum atomic E-state index is 11.0. The average Bonchev–Trinajstić information content (AvgIpc) is 2.27. The predicted octanol–water partition coefficient (Wildman–Crippen LogP) is 1.42. The zero-order chi connectivity index (χ0) is 12.3. The van der Waals surface area contributed by atoms with E-state index >= 15 is 0 Å². The van der Waals surface area contributed by atoms with E-state index < -0.39 is 5.91 Å². The van der Waals surface area contributed by atoms with E-state index in [1.54, 1.807) is 18.2 Å². The van der Waals surface area contributed by atoms with Gasteiger partial charge < -0.3 is 16.2 Å². The monoisotopic (exact) mass is 234 g/mol. The number of carbonyl (C=O) groups excluding carboxylic acids is 1. The molecule has 0 spiro atoms. The van der Waals surface area contributed by atoms with Crippen LogP contribution in [0.1, 0.15) is 35.2 Å². The number of nitrogens with two attached hydrogens (primary N) is 2. The maximum Gasteiger partial charge on any atom is 0.248 e. The number of rotatable bonds is 5. The van der Waals surface area contributed by atoms with E-state index in [9.17, 15) is 4.79 Å². The Labute approximate surface area is 101 Å². The van der Waals surface area contributed by atoms with Gasteiger partial charge in [-0.2, -0.15) is 0 Å². The molecule has 1 aliphatic carbocycles. The molecule has 17 heavy (non-hydrogen) atoms. The molecule has 1 aromatic rings. The summed E-state index contributed by atoms with van der Waals surface area (Å²) in [6.45, 7) is 1.09. The van der Waals surface area contributed by atoms with Gasteiger partial charge in [-0.05, 0) is 37.0 Å². The van der Waals surface area contributed by atoms with Crippen molar-refractivity contribution in [3.05, 3.63) is 29.3 Å². The van der Waals surface area contributed by atoms with Gasteiger partial charge in [0.25, 0.3) is 0 Å². The molecule has 0 saturated heterocycles. The molecular formula is C13H18N2O2. The Morgan fingerprint density at radius 3 is 2.71 bits per heavy atom. The molecule has 92 valence electrons. The quantitative estimate of drug-likeness (QED) is 0.808. The first-order valence-electron chi connectivity index (χ1n) is 5.96. The fraction of sp³-hybridized carbons (Fsp3) is 0.462. The van der Waals surface area contributed by atoms with Crippen molar-refractivity contribution in [2.75, 3.05) is 6.61 Å². The van der Waals surface area contributed by atoms with Gasteiger partial charge in [-0.1, -0.05) is 6.42 Å². The van der Waals surface area contributed by atoms with Crippen LogP contribution in [0.25, 0.3) is 0 Å². The highest BCUT2D eigenvalue weighted by Crippen LogP contribution is 2.28. The van der Waals surface area contributed by atoms with Crippen LogP contribution in [-0.2, 0) is 6.54 Å². The van der Waals surface area contributed by atoms with E-state index in [4.69, 9.17) is 16.2 Å². The molecule has 0 aliphatic heterocycles. The average molecular weight is 234 g/mol. The first-order chi connectivity index (χ1) is 8.20. The molecule has 4 N–H and O–H groups in total. The zero-order valence-corrected chi connectivity index (χ0v) is 9.82. The van der Waals surface area contributed by atoms with Crippen molar-refractivity contribution in [1.29, 1.82) is 0 Å². The lowest BCUT2D eigenvalue weighted by Crippen LogP contribution is -2.20. The minimum absolute atomic E-state index is 0.348. The Bertz CT molecular complexity index is 414. The minimum atomic E-state index is -0.440. The molecule has 1 fully saturated rings. The molecule has 1 aliphatic rings. The van der Waals surface area contributed by atoms with Crippen LogP contribution in [0, 0.1) is 5.92 Å². The summed E-state index contributed by atoms with van der Waals surface area (Å²) in [7, 11) is 0. The topological polar surface area (TPSA) is 78.3 Å². The van der Waals surface area contributed by atoms with Crippen molar-refractivity contribution in [2.45, 2.75) is 25.8 Å². The Morgan fingerprint density at radius 1 is 1.41 bits per heavy atom. The van der Waals surface area contributed by atoms with Crippen molar-refractivity contribution in [2.24, 2.45) is 17.4 Å². The first kappa shape index (κ1) is 11.9. The van der Waals surface area contributed by atoms with Gasteiger partial charge in [-0.15, -0.1) is 0 Å². The molecule has 1 aromatic carbocycles. The van der Waals surface area contributed by atoms with Crippen LogP contribution in [0.3, 0.4) is 0 Å². The number of hydrogen-bond donors (Lipinski definition) is 2. The van der Waals surface area contributed by atoms with Gasteiger partial charge in [0.15, 0.2) is 0 Å². The molecule has 0 bridgehead atoms. The second-order valence-corrected chi connectivity index (χ2v) is 4.50. The molecule has 0 aromatic heterocycles. The standard InChI is InChI=1S/C13H18N2O2/c14-7-11-6-10(13(15)16)4-5-12(11)17-8-9-2-1-3-9/h4-6,9H,1-3,7-8,14H2,(H2,15,16). The molecule has 2 rings (SSSR count). The van der Waals surface area contributed by atoms with Crippen molar-refractivity contribution >= 4 is 5.91 Å². The number of amides is 1. The van der Waals surface area contributed by atoms with Gasteiger partial charge in [0, 0.05) is 17.7 Å². The number of benzene rings is 1. The van der Waals surface area contributed by atoms with Crippen LogP contribution in [0.4, 0.5) is 0 Å². The highest BCUT2D eigenvalue weighted by atomic mass is 16.5. The van der Waals surface area contributed by atoms with Crippen LogP contribution in [0.5, 0.6) is 5.75 Å². The van der Waals surface area contributed by atoms with E-state index in [0.29, 0.717) is 18.0 Å². The van der Waals surface area contributed by atoms with E-state index in [1.807, 2.05) is 0 Å². The number of carbonyl (C=O) groups is 1. The summed E-state index contributed by atoms with van der Waals surface area (Å²) < 4.78 is 5.73. The van der Waals surface area contributed by atoms with Gasteiger partial charge in [0.1, 0.15) is 5.75 Å². The van der Waals surface area contributed by atoms with E-state index in [-0.39, 0.29) is 0 Å². The third kappa shape index (κ3) is 2.77. The van der Waals surface area contributed by atoms with Crippen LogP contribution in [0.2, 0.25) is 0 Å². The fourth-order valence-corrected chi connectivity index (χ4v) is 1.90. The predicted molar refractivity (Wildman–Crippen MR) is 65.7 cm³/mol. The number of hydrogen-bond acceptors (Lipinski definition) is 3. The largest absolute Gasteiger partial charge is 0.493 e. The Hall–Kier alpha value is -1.55. The van der Waals surface area contributed by atoms with E-state index in [1.165, 1.54) is 19.3 Å². The highest BCUT2D eigenvalue weighted by Gasteiger charge is 2.18. The Kier molecular flexibility index (Phi) is 3.64. The summed E-state index contributed by atoms with van der Waals surface area (Å²) in [5.41, 5.74) is 12.2. The minimum Gasteiger partial charge on any atom is -0.493 e. The van der Waals surface area contributed by atoms with Gasteiger partial charge in [0.05, 0.1) is 6.61 Å². The summed E-state index contributed by atoms with van der Waals surface area (Å²) in [6, 6.07) is 5.16. The molecule has 4 nitrogen and oxygen atoms in total. The number of primary amides is 1. The maximum absolute atomic E-state index is 11.0. The summed E-state index contributed by atoms with van der Waals surface area (Å²) in [5, 5.41) is 0. The molecule has 0 atom stereocenters. The molecular weight excluding hydrogens is 216 g/mol. The third-order valence-corrected chi connectivity index (χ3v) is 3.26. The first-order valence-corrected chi connectivity index (χ1v) is 5.96. The summed E-state index contributed by atoms with van der Waals surface area (Å²) in [5.74, 6) is 1.01. The molecule has 1 amide bonds. The van der Waals surface area contributed by atoms with Gasteiger partial charge >= 0.3 is 0 Å². The van der Waals surface area contributed by atoms with Gasteiger partial charge in [0.2, 0.25) is 5.91 Å². The third-order valence-electron chi connectivity index (χ3n) is 3.26. The van der Waals surface area contributed by atoms with Crippen LogP contribution >= 0.6 is 0 Å². The van der Waals surface area contributed by atoms with Crippen LogP contribution < -0.4 is 16.2 Å². The van der Waals surface area contributed by atoms with Crippen molar-refractivity contribution in [3.8, 4) is 5.75 Å². The molecule has 0 radical (unpaired) electrons. The van der Waals surface area contributed by atoms with E-state index in [2.05, 4.69) is 0 Å². The molecule has 0 heterocycles. The summed E-state index contributed by atoms with van der Waals surface area (Å²) in [6.07, 6.45) is 3.80. The zero-order valence-electron chi connectivity index (χ0n) is 9.82. The van der Waals surface area contributed by atoms with Crippen molar-refractivity contribution in [1.82, 2.24) is 0 Å². The highest BCUT2D eigenvalue weighted by molar-refractivity contribution is 5.93. The number of ether oxygens (including phenoxy) is 1. The van der Waals surface area contributed by atoms with Crippen molar-refractivity contribution < 1.29 is 9.53 Å². The van der Waals surface area contributed by atoms with Gasteiger partial charge in [-0.25, -0.2) is 0 Å². The smallest absolute Gasteiger partial charge is 0.248 e. The second-order valence-electron chi connectivity index (χ2n) is 4.50. The van der Waals surface area contributed by atoms with Crippen LogP contribution in [-0.4, -0.2) is 12.5 Å². The lowest BCUT2D eigenvalue weighted by atomic mass is 9.86. The lowest BCUT2D eigenvalue weighted by molar-refractivity contribution is 0.1000. The van der Waals surface area contributed by atoms with E-state index in [0.717, 1.165) is 17.9 Å². The van der Waals surface area contributed by atoms with Gasteiger partial charge in [-0.3, -0.25) is 4.79 Å². The molecule has 4 heteroatoms. The summed E-state index contributed by atoms with van der Waals surface area (Å²) >= 11 is 0. The Balaban J connectivity index is 2.06. The molecule has 1 saturated carbocycles. The van der Waals surface area contributed by atoms with Crippen molar-refractivity contribution in [3.63, 3.8) is 0 Å². The van der Waals surface area contributed by atoms with Crippen LogP contribution in [0.15, 0.2) is 18.2 Å². The SMILES string of the molecule is NCc1cc(C(N)=O)ccc1OCC1CCC1. The fourth-order valence-electron chi connectivity index (χ4n) is 1.90. The Morgan fingerprint density at radius 2 is 2.18 bits per heavy atom. The normalized spacial score (nSPS) is 15.4. The summed E-state index contributed by atoms with van der Waals surface area (Å²) in [4.78, 5) is 11.0.